The summed E-state index contributed by atoms with van der Waals surface area (Å²) >= 11 is 0. The molecule has 2 aromatic rings. The van der Waals surface area contributed by atoms with E-state index in [1.54, 1.807) is 19.2 Å². The zero-order chi connectivity index (χ0) is 16.0. The van der Waals surface area contributed by atoms with E-state index in [0.29, 0.717) is 17.9 Å². The van der Waals surface area contributed by atoms with Gasteiger partial charge in [0.05, 0.1) is 12.0 Å². The van der Waals surface area contributed by atoms with Crippen LogP contribution in [0.3, 0.4) is 0 Å². The van der Waals surface area contributed by atoms with Crippen molar-refractivity contribution < 1.29 is 13.2 Å². The number of sulfonamides is 1. The van der Waals surface area contributed by atoms with E-state index in [2.05, 4.69) is 4.72 Å². The van der Waals surface area contributed by atoms with E-state index >= 15 is 0 Å². The zero-order valence-corrected chi connectivity index (χ0v) is 13.7. The predicted molar refractivity (Wildman–Crippen MR) is 87.7 cm³/mol. The van der Waals surface area contributed by atoms with Gasteiger partial charge in [-0.3, -0.25) is 0 Å². The van der Waals surface area contributed by atoms with Crippen LogP contribution in [0.5, 0.6) is 5.75 Å². The van der Waals surface area contributed by atoms with Gasteiger partial charge in [0.25, 0.3) is 0 Å². The Labute approximate surface area is 132 Å². The van der Waals surface area contributed by atoms with Crippen LogP contribution < -0.4 is 9.46 Å². The summed E-state index contributed by atoms with van der Waals surface area (Å²) in [7, 11) is -1.82. The van der Waals surface area contributed by atoms with Crippen LogP contribution in [-0.4, -0.2) is 22.1 Å². The minimum absolute atomic E-state index is 0.305. The first kappa shape index (κ1) is 16.5. The highest BCUT2D eigenvalue weighted by atomic mass is 32.2. The molecule has 4 nitrogen and oxygen atoms in total. The van der Waals surface area contributed by atoms with Gasteiger partial charge in [0.1, 0.15) is 5.75 Å². The van der Waals surface area contributed by atoms with Gasteiger partial charge >= 0.3 is 0 Å². The Kier molecular flexibility index (Phi) is 5.57. The maximum atomic E-state index is 12.2. The van der Waals surface area contributed by atoms with E-state index in [1.165, 1.54) is 0 Å². The Hall–Kier alpha value is -1.85. The number of rotatable bonds is 7. The maximum absolute atomic E-state index is 12.2. The number of aryl methyl sites for hydroxylation is 1. The van der Waals surface area contributed by atoms with E-state index < -0.39 is 10.0 Å². The molecule has 0 fully saturated rings. The number of methoxy groups -OCH3 is 1. The van der Waals surface area contributed by atoms with Crippen LogP contribution >= 0.6 is 0 Å². The number of hydrogen-bond acceptors (Lipinski definition) is 3. The monoisotopic (exact) mass is 319 g/mol. The molecule has 0 heterocycles. The quantitative estimate of drug-likeness (QED) is 0.854. The van der Waals surface area contributed by atoms with E-state index in [9.17, 15) is 8.42 Å². The van der Waals surface area contributed by atoms with Gasteiger partial charge in [0.15, 0.2) is 0 Å². The summed E-state index contributed by atoms with van der Waals surface area (Å²) < 4.78 is 32.1. The molecule has 0 aromatic heterocycles. The fraction of sp³-hybridized carbons (Fsp3) is 0.294. The van der Waals surface area contributed by atoms with Gasteiger partial charge in [-0.15, -0.1) is 0 Å². The number of ether oxygens (including phenoxy) is 1. The predicted octanol–water partition coefficient (Wildman–Crippen LogP) is 2.78. The summed E-state index contributed by atoms with van der Waals surface area (Å²) in [5.74, 6) is 0.792. The van der Waals surface area contributed by atoms with E-state index in [-0.39, 0.29) is 0 Å². The van der Waals surface area contributed by atoms with Crippen LogP contribution in [0.4, 0.5) is 0 Å². The van der Waals surface area contributed by atoms with Crippen LogP contribution in [0.1, 0.15) is 18.1 Å². The molecule has 0 radical (unpaired) electrons. The van der Waals surface area contributed by atoms with Gasteiger partial charge in [-0.2, -0.15) is 0 Å². The smallest absolute Gasteiger partial charge is 0.240 e. The first-order valence-corrected chi connectivity index (χ1v) is 8.75. The molecule has 0 atom stereocenters. The third-order valence-electron chi connectivity index (χ3n) is 3.51. The summed E-state index contributed by atoms with van der Waals surface area (Å²) in [6, 6.07) is 14.6. The first-order valence-electron chi connectivity index (χ1n) is 7.26. The third kappa shape index (κ3) is 4.32. The molecule has 5 heteroatoms. The molecular formula is C17H21NO3S. The van der Waals surface area contributed by atoms with E-state index in [0.717, 1.165) is 23.3 Å². The lowest BCUT2D eigenvalue weighted by Crippen LogP contribution is -2.26. The largest absolute Gasteiger partial charge is 0.497 e. The molecule has 0 aliphatic heterocycles. The van der Waals surface area contributed by atoms with E-state index in [4.69, 9.17) is 4.74 Å². The second kappa shape index (κ2) is 7.42. The van der Waals surface area contributed by atoms with Crippen LogP contribution in [0.15, 0.2) is 53.4 Å². The van der Waals surface area contributed by atoms with Crippen molar-refractivity contribution in [1.82, 2.24) is 4.72 Å². The van der Waals surface area contributed by atoms with Gasteiger partial charge < -0.3 is 4.74 Å². The van der Waals surface area contributed by atoms with Crippen molar-refractivity contribution >= 4 is 10.0 Å². The Morgan fingerprint density at radius 2 is 1.55 bits per heavy atom. The van der Waals surface area contributed by atoms with Crippen LogP contribution in [0, 0.1) is 0 Å². The fourth-order valence-electron chi connectivity index (χ4n) is 2.11. The molecule has 0 amide bonds. The average Bonchev–Trinajstić information content (AvgIpc) is 2.55. The van der Waals surface area contributed by atoms with Crippen molar-refractivity contribution in [3.8, 4) is 5.75 Å². The standard InChI is InChI=1S/C17H21NO3S/c1-3-14-6-10-17(11-7-14)22(19,20)18-13-12-15-4-8-16(21-2)9-5-15/h4-11,18H,3,12-13H2,1-2H3. The highest BCUT2D eigenvalue weighted by Gasteiger charge is 2.12. The maximum Gasteiger partial charge on any atom is 0.240 e. The number of benzene rings is 2. The molecule has 0 saturated carbocycles. The minimum Gasteiger partial charge on any atom is -0.497 e. The molecule has 1 N–H and O–H groups in total. The first-order chi connectivity index (χ1) is 10.5. The van der Waals surface area contributed by atoms with Crippen molar-refractivity contribution in [3.63, 3.8) is 0 Å². The summed E-state index contributed by atoms with van der Waals surface area (Å²) in [4.78, 5) is 0.305. The summed E-state index contributed by atoms with van der Waals surface area (Å²) in [6.45, 7) is 2.40. The van der Waals surface area contributed by atoms with Gasteiger partial charge in [-0.1, -0.05) is 31.2 Å². The molecule has 2 rings (SSSR count). The van der Waals surface area contributed by atoms with Crippen molar-refractivity contribution in [2.75, 3.05) is 13.7 Å². The number of hydrogen-bond donors (Lipinski definition) is 1. The molecule has 0 spiro atoms. The van der Waals surface area contributed by atoms with Gasteiger partial charge in [-0.25, -0.2) is 13.1 Å². The second-order valence-electron chi connectivity index (χ2n) is 4.99. The summed E-state index contributed by atoms with van der Waals surface area (Å²) in [5, 5.41) is 0. The molecule has 22 heavy (non-hydrogen) atoms. The third-order valence-corrected chi connectivity index (χ3v) is 4.98. The normalized spacial score (nSPS) is 11.4. The Bertz CT molecular complexity index is 692. The molecule has 118 valence electrons. The highest BCUT2D eigenvalue weighted by Crippen LogP contribution is 2.13. The minimum atomic E-state index is -3.44. The Morgan fingerprint density at radius 1 is 0.955 bits per heavy atom. The van der Waals surface area contributed by atoms with Gasteiger partial charge in [0.2, 0.25) is 10.0 Å². The molecule has 2 aromatic carbocycles. The molecule has 0 bridgehead atoms. The fourth-order valence-corrected chi connectivity index (χ4v) is 3.14. The average molecular weight is 319 g/mol. The van der Waals surface area contributed by atoms with Crippen molar-refractivity contribution in [2.24, 2.45) is 0 Å². The summed E-state index contributed by atoms with van der Waals surface area (Å²) in [6.07, 6.45) is 1.53. The van der Waals surface area contributed by atoms with Crippen LogP contribution in [0.25, 0.3) is 0 Å². The molecule has 0 aliphatic rings. The van der Waals surface area contributed by atoms with Gasteiger partial charge in [0, 0.05) is 6.54 Å². The Balaban J connectivity index is 1.93. The van der Waals surface area contributed by atoms with Gasteiger partial charge in [-0.05, 0) is 48.2 Å². The molecule has 0 aliphatic carbocycles. The SMILES string of the molecule is CCc1ccc(S(=O)(=O)NCCc2ccc(OC)cc2)cc1. The van der Waals surface area contributed by atoms with Crippen LogP contribution in [-0.2, 0) is 22.9 Å². The van der Waals surface area contributed by atoms with Crippen molar-refractivity contribution in [2.45, 2.75) is 24.7 Å². The summed E-state index contributed by atoms with van der Waals surface area (Å²) in [5.41, 5.74) is 2.18. The topological polar surface area (TPSA) is 55.4 Å². The lowest BCUT2D eigenvalue weighted by Gasteiger charge is -2.08. The number of nitrogens with one attached hydrogen (secondary N) is 1. The Morgan fingerprint density at radius 3 is 2.09 bits per heavy atom. The molecule has 0 unspecified atom stereocenters. The second-order valence-corrected chi connectivity index (χ2v) is 6.76. The van der Waals surface area contributed by atoms with Crippen LogP contribution in [0.2, 0.25) is 0 Å². The molecular weight excluding hydrogens is 298 g/mol. The van der Waals surface area contributed by atoms with E-state index in [1.807, 2.05) is 43.3 Å². The van der Waals surface area contributed by atoms with Crippen molar-refractivity contribution in [3.05, 3.63) is 59.7 Å². The molecule has 0 saturated heterocycles. The highest BCUT2D eigenvalue weighted by molar-refractivity contribution is 7.89. The lowest BCUT2D eigenvalue weighted by molar-refractivity contribution is 0.414. The zero-order valence-electron chi connectivity index (χ0n) is 12.9. The van der Waals surface area contributed by atoms with Crippen molar-refractivity contribution in [1.29, 1.82) is 0 Å². The lowest BCUT2D eigenvalue weighted by atomic mass is 10.1.